The van der Waals surface area contributed by atoms with Gasteiger partial charge in [0.15, 0.2) is 0 Å². The van der Waals surface area contributed by atoms with Crippen LogP contribution in [0.3, 0.4) is 0 Å². The van der Waals surface area contributed by atoms with Crippen molar-refractivity contribution in [3.63, 3.8) is 0 Å². The number of para-hydroxylation sites is 2. The van der Waals surface area contributed by atoms with E-state index in [1.165, 1.54) is 69.7 Å². The van der Waals surface area contributed by atoms with Crippen molar-refractivity contribution in [3.05, 3.63) is 107 Å². The maximum absolute atomic E-state index is 3.49. The van der Waals surface area contributed by atoms with Crippen LogP contribution in [0.2, 0.25) is 0 Å². The molecule has 2 nitrogen and oxygen atoms in total. The third-order valence-electron chi connectivity index (χ3n) is 6.53. The first kappa shape index (κ1) is 19.7. The number of rotatable bonds is 8. The molecule has 5 rings (SSSR count). The van der Waals surface area contributed by atoms with Gasteiger partial charge < -0.3 is 9.97 Å². The lowest BCUT2D eigenvalue weighted by atomic mass is 9.85. The number of hydrogen-bond acceptors (Lipinski definition) is 0. The molecule has 3 aromatic carbocycles. The summed E-state index contributed by atoms with van der Waals surface area (Å²) in [6.07, 6.45) is 10.4. The third-order valence-corrected chi connectivity index (χ3v) is 6.53. The van der Waals surface area contributed by atoms with Crippen molar-refractivity contribution >= 4 is 21.8 Å². The van der Waals surface area contributed by atoms with Gasteiger partial charge in [-0.25, -0.2) is 0 Å². The average molecular weight is 407 g/mol. The first-order valence-corrected chi connectivity index (χ1v) is 11.5. The minimum absolute atomic E-state index is 0.290. The highest BCUT2D eigenvalue weighted by Gasteiger charge is 2.21. The third kappa shape index (κ3) is 4.03. The zero-order chi connectivity index (χ0) is 21.0. The Labute approximate surface area is 184 Å². The number of nitrogens with one attached hydrogen (secondary N) is 2. The van der Waals surface area contributed by atoms with Gasteiger partial charge in [0.25, 0.3) is 0 Å². The van der Waals surface area contributed by atoms with Gasteiger partial charge in [-0.15, -0.1) is 0 Å². The largest absolute Gasteiger partial charge is 0.361 e. The van der Waals surface area contributed by atoms with Gasteiger partial charge in [-0.3, -0.25) is 0 Å². The summed E-state index contributed by atoms with van der Waals surface area (Å²) in [4.78, 5) is 6.98. The smallest absolute Gasteiger partial charge is 0.0457 e. The Hall–Kier alpha value is -3.26. The van der Waals surface area contributed by atoms with Crippen LogP contribution in [0.4, 0.5) is 0 Å². The minimum atomic E-state index is 0.290. The molecule has 156 valence electrons. The molecule has 5 aromatic rings. The van der Waals surface area contributed by atoms with Gasteiger partial charge in [0.05, 0.1) is 0 Å². The lowest BCUT2D eigenvalue weighted by molar-refractivity contribution is 0.717. The van der Waals surface area contributed by atoms with Gasteiger partial charge in [0.2, 0.25) is 0 Å². The Morgan fingerprint density at radius 1 is 0.645 bits per heavy atom. The average Bonchev–Trinajstić information content (AvgIpc) is 3.43. The second-order valence-electron chi connectivity index (χ2n) is 8.61. The van der Waals surface area contributed by atoms with Gasteiger partial charge in [0, 0.05) is 40.1 Å². The molecule has 31 heavy (non-hydrogen) atoms. The Bertz CT molecular complexity index is 1200. The van der Waals surface area contributed by atoms with E-state index in [2.05, 4.69) is 102 Å². The molecule has 0 spiro atoms. The fourth-order valence-corrected chi connectivity index (χ4v) is 4.81. The van der Waals surface area contributed by atoms with Crippen LogP contribution in [0.15, 0.2) is 85.2 Å². The monoisotopic (exact) mass is 406 g/mol. The van der Waals surface area contributed by atoms with Crippen LogP contribution in [0.25, 0.3) is 21.8 Å². The SMILES string of the molecule is CCCCCc1ccc(CC(c2c[nH]c3ccccc23)c2c[nH]c3ccccc23)cc1. The number of hydrogen-bond donors (Lipinski definition) is 2. The predicted molar refractivity (Wildman–Crippen MR) is 132 cm³/mol. The van der Waals surface area contributed by atoms with Gasteiger partial charge in [-0.2, -0.15) is 0 Å². The molecule has 0 saturated carbocycles. The summed E-state index contributed by atoms with van der Waals surface area (Å²) in [5, 5.41) is 2.63. The molecule has 0 aliphatic heterocycles. The van der Waals surface area contributed by atoms with E-state index in [-0.39, 0.29) is 0 Å². The summed E-state index contributed by atoms with van der Waals surface area (Å²) in [6.45, 7) is 2.26. The lowest BCUT2D eigenvalue weighted by Gasteiger charge is -2.17. The zero-order valence-electron chi connectivity index (χ0n) is 18.2. The zero-order valence-corrected chi connectivity index (χ0v) is 18.2. The molecule has 0 aliphatic rings. The Balaban J connectivity index is 1.52. The van der Waals surface area contributed by atoms with Crippen LogP contribution in [-0.4, -0.2) is 9.97 Å². The van der Waals surface area contributed by atoms with Crippen molar-refractivity contribution in [1.82, 2.24) is 9.97 Å². The first-order chi connectivity index (χ1) is 15.3. The molecule has 2 N–H and O–H groups in total. The van der Waals surface area contributed by atoms with Gasteiger partial charge in [0.1, 0.15) is 0 Å². The van der Waals surface area contributed by atoms with Crippen LogP contribution < -0.4 is 0 Å². The summed E-state index contributed by atoms with van der Waals surface area (Å²) in [5.74, 6) is 0.290. The predicted octanol–water partition coefficient (Wildman–Crippen LogP) is 7.76. The van der Waals surface area contributed by atoms with Crippen molar-refractivity contribution in [2.75, 3.05) is 0 Å². The topological polar surface area (TPSA) is 31.6 Å². The van der Waals surface area contributed by atoms with Crippen molar-refractivity contribution in [1.29, 1.82) is 0 Å². The summed E-state index contributed by atoms with van der Waals surface area (Å²) >= 11 is 0. The standard InChI is InChI=1S/C29H30N2/c1-2-3-4-9-21-14-16-22(17-15-21)18-25(26-19-30-28-12-7-5-10-23(26)28)27-20-31-29-13-8-6-11-24(27)29/h5-8,10-17,19-20,25,30-31H,2-4,9,18H2,1H3. The summed E-state index contributed by atoms with van der Waals surface area (Å²) in [6, 6.07) is 26.6. The molecule has 2 heteroatoms. The molecule has 2 aromatic heterocycles. The molecule has 0 aliphatic carbocycles. The molecule has 0 radical (unpaired) electrons. The Morgan fingerprint density at radius 3 is 1.77 bits per heavy atom. The van der Waals surface area contributed by atoms with Crippen LogP contribution in [0.1, 0.15) is 54.4 Å². The number of aromatic amines is 2. The number of benzene rings is 3. The van der Waals surface area contributed by atoms with Gasteiger partial charge in [-0.1, -0.05) is 80.4 Å². The quantitative estimate of drug-likeness (QED) is 0.247. The van der Waals surface area contributed by atoms with Crippen molar-refractivity contribution in [3.8, 4) is 0 Å². The number of aryl methyl sites for hydroxylation is 1. The van der Waals surface area contributed by atoms with Gasteiger partial charge in [-0.05, 0) is 53.6 Å². The van der Waals surface area contributed by atoms with E-state index in [9.17, 15) is 0 Å². The van der Waals surface area contributed by atoms with Crippen LogP contribution in [0, 0.1) is 0 Å². The Morgan fingerprint density at radius 2 is 1.19 bits per heavy atom. The minimum Gasteiger partial charge on any atom is -0.361 e. The molecular weight excluding hydrogens is 376 g/mol. The van der Waals surface area contributed by atoms with Crippen LogP contribution in [-0.2, 0) is 12.8 Å². The molecule has 0 saturated heterocycles. The second-order valence-corrected chi connectivity index (χ2v) is 8.61. The molecule has 0 fully saturated rings. The lowest BCUT2D eigenvalue weighted by Crippen LogP contribution is -2.04. The molecule has 0 atom stereocenters. The fraction of sp³-hybridized carbons (Fsp3) is 0.241. The maximum Gasteiger partial charge on any atom is 0.0457 e. The van der Waals surface area contributed by atoms with E-state index < -0.39 is 0 Å². The first-order valence-electron chi connectivity index (χ1n) is 11.5. The second kappa shape index (κ2) is 8.85. The fourth-order valence-electron chi connectivity index (χ4n) is 4.81. The molecule has 0 bridgehead atoms. The maximum atomic E-state index is 3.49. The molecule has 0 unspecified atom stereocenters. The van der Waals surface area contributed by atoms with E-state index in [0.717, 1.165) is 6.42 Å². The van der Waals surface area contributed by atoms with Crippen molar-refractivity contribution < 1.29 is 0 Å². The number of fused-ring (bicyclic) bond motifs is 2. The van der Waals surface area contributed by atoms with Gasteiger partial charge >= 0.3 is 0 Å². The summed E-state index contributed by atoms with van der Waals surface area (Å²) in [7, 11) is 0. The molecule has 2 heterocycles. The molecule has 0 amide bonds. The number of unbranched alkanes of at least 4 members (excludes halogenated alkanes) is 2. The summed E-state index contributed by atoms with van der Waals surface area (Å²) in [5.41, 5.74) is 7.98. The highest BCUT2D eigenvalue weighted by molar-refractivity contribution is 5.88. The van der Waals surface area contributed by atoms with Crippen molar-refractivity contribution in [2.24, 2.45) is 0 Å². The molecular formula is C29H30N2. The van der Waals surface area contributed by atoms with E-state index >= 15 is 0 Å². The van der Waals surface area contributed by atoms with Crippen LogP contribution >= 0.6 is 0 Å². The van der Waals surface area contributed by atoms with E-state index in [1.807, 2.05) is 0 Å². The number of aromatic nitrogens is 2. The van der Waals surface area contributed by atoms with E-state index in [0.29, 0.717) is 5.92 Å². The van der Waals surface area contributed by atoms with Crippen LogP contribution in [0.5, 0.6) is 0 Å². The van der Waals surface area contributed by atoms with E-state index in [1.54, 1.807) is 0 Å². The van der Waals surface area contributed by atoms with Crippen molar-refractivity contribution in [2.45, 2.75) is 44.9 Å². The highest BCUT2D eigenvalue weighted by Crippen LogP contribution is 2.37. The Kier molecular flexibility index (Phi) is 5.62. The number of H-pyrrole nitrogens is 2. The normalized spacial score (nSPS) is 11.7. The highest BCUT2D eigenvalue weighted by atomic mass is 14.7. The summed E-state index contributed by atoms with van der Waals surface area (Å²) < 4.78 is 0. The van der Waals surface area contributed by atoms with E-state index in [4.69, 9.17) is 0 Å².